The first-order valence-electron chi connectivity index (χ1n) is 9.27. The highest BCUT2D eigenvalue weighted by molar-refractivity contribution is 6.74. The minimum Gasteiger partial charge on any atom is -0.539 e. The van der Waals surface area contributed by atoms with Crippen LogP contribution in [0.3, 0.4) is 0 Å². The number of carbonyl (C=O) groups is 1. The lowest BCUT2D eigenvalue weighted by Crippen LogP contribution is -2.41. The predicted octanol–water partition coefficient (Wildman–Crippen LogP) is 6.10. The van der Waals surface area contributed by atoms with Crippen molar-refractivity contribution in [3.63, 3.8) is 0 Å². The van der Waals surface area contributed by atoms with Gasteiger partial charge >= 0.3 is 5.97 Å². The zero-order valence-corrected chi connectivity index (χ0v) is 18.2. The van der Waals surface area contributed by atoms with Crippen molar-refractivity contribution in [3.05, 3.63) is 77.0 Å². The first-order chi connectivity index (χ1) is 12.6. The smallest absolute Gasteiger partial charge is 0.372 e. The van der Waals surface area contributed by atoms with Gasteiger partial charge in [0.05, 0.1) is 0 Å². The van der Waals surface area contributed by atoms with Crippen molar-refractivity contribution < 1.29 is 14.0 Å². The molecule has 2 aromatic carbocycles. The molecule has 4 heteroatoms. The van der Waals surface area contributed by atoms with Gasteiger partial charge in [0, 0.05) is 0 Å². The van der Waals surface area contributed by atoms with Crippen LogP contribution in [-0.2, 0) is 20.6 Å². The summed E-state index contributed by atoms with van der Waals surface area (Å²) in [4.78, 5) is 12.8. The van der Waals surface area contributed by atoms with Crippen molar-refractivity contribution in [1.82, 2.24) is 0 Å². The van der Waals surface area contributed by atoms with E-state index in [9.17, 15) is 4.79 Å². The van der Waals surface area contributed by atoms with Crippen LogP contribution in [0.5, 0.6) is 0 Å². The van der Waals surface area contributed by atoms with E-state index in [0.717, 1.165) is 11.1 Å². The van der Waals surface area contributed by atoms with E-state index in [1.54, 1.807) is 6.08 Å². The zero-order chi connectivity index (χ0) is 20.1. The molecule has 0 atom stereocenters. The van der Waals surface area contributed by atoms with Gasteiger partial charge in [-0.25, -0.2) is 4.79 Å². The minimum atomic E-state index is -2.17. The SMILES string of the molecule is Cc1ccc(/C=C(/O[Si](C)(C)C(C)(C)C)C(=O)OCc2ccccc2)cc1. The van der Waals surface area contributed by atoms with Crippen molar-refractivity contribution in [2.45, 2.75) is 52.4 Å². The van der Waals surface area contributed by atoms with Crippen LogP contribution in [0.25, 0.3) is 6.08 Å². The number of hydrogen-bond acceptors (Lipinski definition) is 3. The Balaban J connectivity index is 2.25. The summed E-state index contributed by atoms with van der Waals surface area (Å²) in [5.74, 6) is -0.148. The van der Waals surface area contributed by atoms with E-state index in [1.807, 2.05) is 61.5 Å². The van der Waals surface area contributed by atoms with E-state index in [0.29, 0.717) is 0 Å². The fraction of sp³-hybridized carbons (Fsp3) is 0.348. The molecule has 0 saturated heterocycles. The highest BCUT2D eigenvalue weighted by Crippen LogP contribution is 2.38. The number of rotatable bonds is 6. The van der Waals surface area contributed by atoms with Crippen molar-refractivity contribution >= 4 is 20.4 Å². The van der Waals surface area contributed by atoms with Crippen LogP contribution in [0.4, 0.5) is 0 Å². The summed E-state index contributed by atoms with van der Waals surface area (Å²) in [6, 6.07) is 17.7. The largest absolute Gasteiger partial charge is 0.539 e. The highest BCUT2D eigenvalue weighted by Gasteiger charge is 2.40. The molecule has 0 bridgehead atoms. The first kappa shape index (κ1) is 21.0. The number of ether oxygens (including phenoxy) is 1. The maximum absolute atomic E-state index is 12.8. The molecule has 0 unspecified atom stereocenters. The molecule has 3 nitrogen and oxygen atoms in total. The number of esters is 1. The summed E-state index contributed by atoms with van der Waals surface area (Å²) in [6.45, 7) is 13.0. The molecular formula is C23H30O3Si. The van der Waals surface area contributed by atoms with Crippen molar-refractivity contribution in [1.29, 1.82) is 0 Å². The molecule has 0 radical (unpaired) electrons. The zero-order valence-electron chi connectivity index (χ0n) is 17.2. The average molecular weight is 383 g/mol. The van der Waals surface area contributed by atoms with Gasteiger partial charge in [0.1, 0.15) is 6.61 Å². The molecule has 0 N–H and O–H groups in total. The molecule has 0 heterocycles. The van der Waals surface area contributed by atoms with Gasteiger partial charge in [-0.2, -0.15) is 0 Å². The Morgan fingerprint density at radius 2 is 1.59 bits per heavy atom. The predicted molar refractivity (Wildman–Crippen MR) is 114 cm³/mol. The second kappa shape index (κ2) is 8.57. The third kappa shape index (κ3) is 6.10. The van der Waals surface area contributed by atoms with E-state index in [-0.39, 0.29) is 17.4 Å². The third-order valence-electron chi connectivity index (χ3n) is 4.96. The Kier molecular flexibility index (Phi) is 6.66. The molecule has 0 aromatic heterocycles. The lowest BCUT2D eigenvalue weighted by atomic mass is 10.1. The normalized spacial score (nSPS) is 12.6. The van der Waals surface area contributed by atoms with Gasteiger partial charge in [-0.15, -0.1) is 0 Å². The molecule has 0 aliphatic carbocycles. The topological polar surface area (TPSA) is 35.5 Å². The minimum absolute atomic E-state index is 0.0148. The van der Waals surface area contributed by atoms with Crippen molar-refractivity contribution in [2.24, 2.45) is 0 Å². The highest BCUT2D eigenvalue weighted by atomic mass is 28.4. The molecule has 0 aliphatic rings. The molecule has 0 aliphatic heterocycles. The van der Waals surface area contributed by atoms with Crippen LogP contribution in [0.1, 0.15) is 37.5 Å². The van der Waals surface area contributed by atoms with Crippen LogP contribution < -0.4 is 0 Å². The fourth-order valence-corrected chi connectivity index (χ4v) is 3.16. The van der Waals surface area contributed by atoms with Crippen LogP contribution in [0, 0.1) is 6.92 Å². The maximum atomic E-state index is 12.8. The lowest BCUT2D eigenvalue weighted by Gasteiger charge is -2.36. The second-order valence-corrected chi connectivity index (χ2v) is 13.1. The Morgan fingerprint density at radius 1 is 1.00 bits per heavy atom. The number of hydrogen-bond donors (Lipinski definition) is 0. The summed E-state index contributed by atoms with van der Waals surface area (Å²) in [6.07, 6.45) is 1.78. The van der Waals surface area contributed by atoms with E-state index in [1.165, 1.54) is 5.56 Å². The third-order valence-corrected chi connectivity index (χ3v) is 9.30. The van der Waals surface area contributed by atoms with Gasteiger partial charge in [0.2, 0.25) is 0 Å². The van der Waals surface area contributed by atoms with Crippen LogP contribution in [-0.4, -0.2) is 14.3 Å². The summed E-state index contributed by atoms with van der Waals surface area (Å²) in [5.41, 5.74) is 3.05. The molecule has 0 fully saturated rings. The van der Waals surface area contributed by atoms with E-state index in [4.69, 9.17) is 9.16 Å². The van der Waals surface area contributed by atoms with Gasteiger partial charge in [0.15, 0.2) is 5.76 Å². The Morgan fingerprint density at radius 3 is 2.15 bits per heavy atom. The van der Waals surface area contributed by atoms with E-state index < -0.39 is 14.3 Å². The molecule has 144 valence electrons. The van der Waals surface area contributed by atoms with Gasteiger partial charge < -0.3 is 9.16 Å². The number of aryl methyl sites for hydroxylation is 1. The Labute approximate surface area is 164 Å². The molecule has 2 rings (SSSR count). The molecule has 0 saturated carbocycles. The maximum Gasteiger partial charge on any atom is 0.372 e. The fourth-order valence-electron chi connectivity index (χ4n) is 2.17. The average Bonchev–Trinajstić information content (AvgIpc) is 2.60. The van der Waals surface area contributed by atoms with Gasteiger partial charge in [-0.3, -0.25) is 0 Å². The Hall–Kier alpha value is -2.33. The summed E-state index contributed by atoms with van der Waals surface area (Å²) in [7, 11) is -2.17. The van der Waals surface area contributed by atoms with Gasteiger partial charge in [0.25, 0.3) is 8.32 Å². The molecule has 2 aromatic rings. The Bertz CT molecular complexity index is 785. The number of benzene rings is 2. The second-order valence-electron chi connectivity index (χ2n) is 8.34. The van der Waals surface area contributed by atoms with E-state index in [2.05, 4.69) is 33.9 Å². The number of carbonyl (C=O) groups excluding carboxylic acids is 1. The van der Waals surface area contributed by atoms with Crippen molar-refractivity contribution in [3.8, 4) is 0 Å². The van der Waals surface area contributed by atoms with Crippen molar-refractivity contribution in [2.75, 3.05) is 0 Å². The molecule has 0 spiro atoms. The summed E-state index contributed by atoms with van der Waals surface area (Å²) < 4.78 is 11.8. The molecule has 0 amide bonds. The van der Waals surface area contributed by atoms with Gasteiger partial charge in [-0.05, 0) is 42.3 Å². The van der Waals surface area contributed by atoms with Crippen LogP contribution in [0.15, 0.2) is 60.4 Å². The standard InChI is InChI=1S/C23H30O3Si/c1-18-12-14-19(15-13-18)16-21(26-27(5,6)23(2,3)4)22(24)25-17-20-10-8-7-9-11-20/h7-16H,17H2,1-6H3/b21-16+. The van der Waals surface area contributed by atoms with Gasteiger partial charge in [-0.1, -0.05) is 80.9 Å². The monoisotopic (exact) mass is 382 g/mol. The first-order valence-corrected chi connectivity index (χ1v) is 12.2. The lowest BCUT2D eigenvalue weighted by molar-refractivity contribution is -0.142. The van der Waals surface area contributed by atoms with Crippen LogP contribution in [0.2, 0.25) is 18.1 Å². The molecule has 27 heavy (non-hydrogen) atoms. The van der Waals surface area contributed by atoms with E-state index >= 15 is 0 Å². The molecular weight excluding hydrogens is 352 g/mol. The quantitative estimate of drug-likeness (QED) is 0.262. The van der Waals surface area contributed by atoms with Crippen LogP contribution >= 0.6 is 0 Å². The summed E-state index contributed by atoms with van der Waals surface area (Å²) >= 11 is 0. The summed E-state index contributed by atoms with van der Waals surface area (Å²) in [5, 5.41) is -0.0148.